The number of benzene rings is 2. The van der Waals surface area contributed by atoms with Gasteiger partial charge in [0.25, 0.3) is 0 Å². The molecule has 4 aromatic rings. The van der Waals surface area contributed by atoms with Crippen molar-refractivity contribution in [3.8, 4) is 0 Å². The van der Waals surface area contributed by atoms with Crippen LogP contribution in [0.1, 0.15) is 12.8 Å². The molecule has 0 spiro atoms. The maximum atomic E-state index is 12.5. The minimum Gasteiger partial charge on any atom is -0.361 e. The van der Waals surface area contributed by atoms with Gasteiger partial charge in [-0.15, -0.1) is 0 Å². The molecule has 0 bridgehead atoms. The van der Waals surface area contributed by atoms with Gasteiger partial charge >= 0.3 is 0 Å². The Balaban J connectivity index is 1.38. The summed E-state index contributed by atoms with van der Waals surface area (Å²) < 4.78 is 0. The number of hydrogen-bond donors (Lipinski definition) is 3. The van der Waals surface area contributed by atoms with Gasteiger partial charge in [-0.25, -0.2) is 9.97 Å². The molecule has 156 valence electrons. The molecule has 1 saturated heterocycles. The van der Waals surface area contributed by atoms with E-state index in [1.807, 2.05) is 42.6 Å². The standard InChI is InChI=1S/C24H24N6O/c1-30-10-7-16(8-11-30)12-23(31)28-19-3-5-22-20(14-19)24(27-15-26-22)29-18-2-4-21-17(13-18)6-9-25-21/h2-6,9,12-15,25H,7-8,10-11H2,1H3,(H,28,31)(H,26,27,29). The van der Waals surface area contributed by atoms with Crippen LogP contribution in [0.15, 0.2) is 66.6 Å². The molecule has 0 saturated carbocycles. The largest absolute Gasteiger partial charge is 0.361 e. The number of carbonyl (C=O) groups is 1. The summed E-state index contributed by atoms with van der Waals surface area (Å²) in [6, 6.07) is 13.8. The van der Waals surface area contributed by atoms with E-state index in [4.69, 9.17) is 0 Å². The van der Waals surface area contributed by atoms with Crippen LogP contribution in [0.5, 0.6) is 0 Å². The number of H-pyrrole nitrogens is 1. The summed E-state index contributed by atoms with van der Waals surface area (Å²) in [6.45, 7) is 1.99. The van der Waals surface area contributed by atoms with E-state index in [1.165, 1.54) is 5.57 Å². The summed E-state index contributed by atoms with van der Waals surface area (Å²) in [5.74, 6) is 0.604. The SMILES string of the molecule is CN1CCC(=CC(=O)Nc2ccc3ncnc(Nc4ccc5[nH]ccc5c4)c3c2)CC1. The number of nitrogens with zero attached hydrogens (tertiary/aromatic N) is 3. The van der Waals surface area contributed by atoms with Crippen molar-refractivity contribution < 1.29 is 4.79 Å². The summed E-state index contributed by atoms with van der Waals surface area (Å²) in [7, 11) is 2.11. The third kappa shape index (κ3) is 4.27. The van der Waals surface area contributed by atoms with Crippen LogP contribution in [0.4, 0.5) is 17.2 Å². The van der Waals surface area contributed by atoms with Crippen LogP contribution in [0.3, 0.4) is 0 Å². The maximum Gasteiger partial charge on any atom is 0.248 e. The van der Waals surface area contributed by atoms with Gasteiger partial charge in [-0.3, -0.25) is 4.79 Å². The highest BCUT2D eigenvalue weighted by molar-refractivity contribution is 6.02. The lowest BCUT2D eigenvalue weighted by molar-refractivity contribution is -0.112. The molecule has 7 heteroatoms. The predicted molar refractivity (Wildman–Crippen MR) is 125 cm³/mol. The lowest BCUT2D eigenvalue weighted by atomic mass is 10.0. The molecule has 1 aliphatic heterocycles. The molecule has 3 heterocycles. The number of carbonyl (C=O) groups excluding carboxylic acids is 1. The molecule has 1 aliphatic rings. The number of amides is 1. The zero-order valence-electron chi connectivity index (χ0n) is 17.4. The van der Waals surface area contributed by atoms with E-state index in [0.717, 1.165) is 59.1 Å². The molecule has 0 radical (unpaired) electrons. The number of hydrogen-bond acceptors (Lipinski definition) is 5. The third-order valence-electron chi connectivity index (χ3n) is 5.68. The minimum absolute atomic E-state index is 0.0943. The van der Waals surface area contributed by atoms with E-state index >= 15 is 0 Å². The number of likely N-dealkylation sites (tertiary alicyclic amines) is 1. The summed E-state index contributed by atoms with van der Waals surface area (Å²) in [5, 5.41) is 8.34. The van der Waals surface area contributed by atoms with E-state index in [0.29, 0.717) is 5.82 Å². The van der Waals surface area contributed by atoms with Crippen LogP contribution in [0.2, 0.25) is 0 Å². The predicted octanol–water partition coefficient (Wildman–Crippen LogP) is 4.45. The number of rotatable bonds is 4. The molecule has 3 N–H and O–H groups in total. The molecule has 1 fully saturated rings. The third-order valence-corrected chi connectivity index (χ3v) is 5.68. The van der Waals surface area contributed by atoms with Crippen molar-refractivity contribution in [2.45, 2.75) is 12.8 Å². The van der Waals surface area contributed by atoms with Gasteiger partial charge in [-0.05, 0) is 62.4 Å². The van der Waals surface area contributed by atoms with Crippen molar-refractivity contribution in [2.75, 3.05) is 30.8 Å². The lowest BCUT2D eigenvalue weighted by Crippen LogP contribution is -2.26. The van der Waals surface area contributed by atoms with Crippen molar-refractivity contribution in [3.63, 3.8) is 0 Å². The van der Waals surface area contributed by atoms with Crippen LogP contribution in [-0.2, 0) is 4.79 Å². The highest BCUT2D eigenvalue weighted by Gasteiger charge is 2.12. The first-order chi connectivity index (χ1) is 15.1. The van der Waals surface area contributed by atoms with Crippen molar-refractivity contribution in [1.82, 2.24) is 19.9 Å². The molecule has 0 atom stereocenters. The second-order valence-electron chi connectivity index (χ2n) is 7.95. The Morgan fingerprint density at radius 1 is 1.06 bits per heavy atom. The molecule has 0 unspecified atom stereocenters. The Kier molecular flexibility index (Phi) is 5.09. The fourth-order valence-electron chi connectivity index (χ4n) is 3.92. The van der Waals surface area contributed by atoms with Crippen LogP contribution in [0, 0.1) is 0 Å². The summed E-state index contributed by atoms with van der Waals surface area (Å²) in [4.78, 5) is 26.8. The van der Waals surface area contributed by atoms with Gasteiger partial charge in [0.15, 0.2) is 0 Å². The average Bonchev–Trinajstić information content (AvgIpc) is 3.24. The monoisotopic (exact) mass is 412 g/mol. The van der Waals surface area contributed by atoms with Crippen LogP contribution in [0.25, 0.3) is 21.8 Å². The maximum absolute atomic E-state index is 12.5. The molecule has 1 amide bonds. The number of aromatic nitrogens is 3. The van der Waals surface area contributed by atoms with Gasteiger partial charge in [0.1, 0.15) is 12.1 Å². The first-order valence-corrected chi connectivity index (χ1v) is 10.4. The topological polar surface area (TPSA) is 85.9 Å². The molecule has 7 nitrogen and oxygen atoms in total. The number of fused-ring (bicyclic) bond motifs is 2. The Hall–Kier alpha value is -3.71. The molecule has 0 aliphatic carbocycles. The molecular weight excluding hydrogens is 388 g/mol. The van der Waals surface area contributed by atoms with Crippen LogP contribution >= 0.6 is 0 Å². The van der Waals surface area contributed by atoms with Gasteiger partial charge < -0.3 is 20.5 Å². The Morgan fingerprint density at radius 2 is 1.90 bits per heavy atom. The van der Waals surface area contributed by atoms with Gasteiger partial charge in [0.05, 0.1) is 5.52 Å². The van der Waals surface area contributed by atoms with Crippen molar-refractivity contribution >= 4 is 44.9 Å². The van der Waals surface area contributed by atoms with E-state index in [1.54, 1.807) is 12.4 Å². The summed E-state index contributed by atoms with van der Waals surface area (Å²) >= 11 is 0. The molecular formula is C24H24N6O. The Labute approximate surface area is 180 Å². The molecule has 31 heavy (non-hydrogen) atoms. The normalized spacial score (nSPS) is 14.7. The van der Waals surface area contributed by atoms with Gasteiger partial charge in [0.2, 0.25) is 5.91 Å². The van der Waals surface area contributed by atoms with E-state index in [-0.39, 0.29) is 5.91 Å². The first kappa shape index (κ1) is 19.3. The number of nitrogens with one attached hydrogen (secondary N) is 3. The number of aromatic amines is 1. The van der Waals surface area contributed by atoms with E-state index in [2.05, 4.69) is 43.6 Å². The average molecular weight is 412 g/mol. The van der Waals surface area contributed by atoms with Crippen LogP contribution in [-0.4, -0.2) is 45.9 Å². The number of piperidine rings is 1. The minimum atomic E-state index is -0.0943. The second kappa shape index (κ2) is 8.20. The molecule has 5 rings (SSSR count). The molecule has 2 aromatic carbocycles. The van der Waals surface area contributed by atoms with Crippen molar-refractivity contribution in [2.24, 2.45) is 0 Å². The summed E-state index contributed by atoms with van der Waals surface area (Å²) in [5.41, 5.74) is 4.76. The fourth-order valence-corrected chi connectivity index (χ4v) is 3.92. The lowest BCUT2D eigenvalue weighted by Gasteiger charge is -2.23. The zero-order valence-corrected chi connectivity index (χ0v) is 17.4. The van der Waals surface area contributed by atoms with Gasteiger partial charge in [-0.1, -0.05) is 5.57 Å². The highest BCUT2D eigenvalue weighted by atomic mass is 16.1. The smallest absolute Gasteiger partial charge is 0.248 e. The Morgan fingerprint density at radius 3 is 2.77 bits per heavy atom. The summed E-state index contributed by atoms with van der Waals surface area (Å²) in [6.07, 6.45) is 7.08. The highest BCUT2D eigenvalue weighted by Crippen LogP contribution is 2.27. The van der Waals surface area contributed by atoms with Crippen molar-refractivity contribution in [3.05, 3.63) is 66.6 Å². The fraction of sp³-hybridized carbons (Fsp3) is 0.208. The van der Waals surface area contributed by atoms with Crippen molar-refractivity contribution in [1.29, 1.82) is 0 Å². The Bertz CT molecular complexity index is 1280. The first-order valence-electron chi connectivity index (χ1n) is 10.4. The zero-order chi connectivity index (χ0) is 21.2. The second-order valence-corrected chi connectivity index (χ2v) is 7.95. The van der Waals surface area contributed by atoms with Gasteiger partial charge in [-0.2, -0.15) is 0 Å². The quantitative estimate of drug-likeness (QED) is 0.431. The molecule has 2 aromatic heterocycles. The van der Waals surface area contributed by atoms with E-state index < -0.39 is 0 Å². The van der Waals surface area contributed by atoms with Crippen LogP contribution < -0.4 is 10.6 Å². The number of anilines is 3. The van der Waals surface area contributed by atoms with Gasteiger partial charge in [0, 0.05) is 53.0 Å². The van der Waals surface area contributed by atoms with E-state index in [9.17, 15) is 4.79 Å².